The third-order valence-corrected chi connectivity index (χ3v) is 5.68. The lowest BCUT2D eigenvalue weighted by molar-refractivity contribution is 0.454. The molecule has 1 saturated heterocycles. The smallest absolute Gasteiger partial charge is 0.163 e. The van der Waals surface area contributed by atoms with Gasteiger partial charge in [-0.15, -0.1) is 0 Å². The minimum Gasteiger partial charge on any atom is -0.393 e. The van der Waals surface area contributed by atoms with Gasteiger partial charge in [-0.1, -0.05) is 0 Å². The Balaban J connectivity index is 1.76. The van der Waals surface area contributed by atoms with Crippen LogP contribution in [0.4, 0.5) is 10.8 Å². The molecule has 4 rings (SSSR count). The Labute approximate surface area is 174 Å². The van der Waals surface area contributed by atoms with E-state index in [1.54, 1.807) is 4.68 Å². The van der Waals surface area contributed by atoms with E-state index in [9.17, 15) is 0 Å². The Morgan fingerprint density at radius 1 is 1.34 bits per heavy atom. The van der Waals surface area contributed by atoms with E-state index in [2.05, 4.69) is 31.5 Å². The summed E-state index contributed by atoms with van der Waals surface area (Å²) in [7, 11) is 3.79. The first-order valence-corrected chi connectivity index (χ1v) is 10.6. The lowest BCUT2D eigenvalue weighted by Gasteiger charge is -2.23. The largest absolute Gasteiger partial charge is 0.393 e. The molecular weight excluding hydrogens is 384 g/mol. The van der Waals surface area contributed by atoms with E-state index in [0.29, 0.717) is 11.7 Å². The molecular formula is C20H26N8S. The van der Waals surface area contributed by atoms with Gasteiger partial charge in [0.2, 0.25) is 0 Å². The van der Waals surface area contributed by atoms with E-state index in [4.69, 9.17) is 9.97 Å². The summed E-state index contributed by atoms with van der Waals surface area (Å²) in [4.78, 5) is 9.79. The first-order chi connectivity index (χ1) is 14.1. The van der Waals surface area contributed by atoms with Crippen LogP contribution in [0.2, 0.25) is 0 Å². The standard InChI is InChI=1S/C20H26N8S/c1-13-7-19(29-27-13)25-18-8-17(14-5-4-6-22-9-14)24-20(26-18)16(11-21-2)15-10-23-28(3)12-15/h7-8,10-12,14,21-22H,4-6,9H2,1-3H3,(H,24,25,26). The molecule has 9 heteroatoms. The zero-order valence-corrected chi connectivity index (χ0v) is 17.8. The van der Waals surface area contributed by atoms with Crippen LogP contribution < -0.4 is 16.0 Å². The summed E-state index contributed by atoms with van der Waals surface area (Å²) in [5.74, 6) is 1.84. The molecule has 1 fully saturated rings. The number of anilines is 2. The average Bonchev–Trinajstić information content (AvgIpc) is 3.34. The van der Waals surface area contributed by atoms with Crippen LogP contribution in [0.3, 0.4) is 0 Å². The monoisotopic (exact) mass is 410 g/mol. The fraction of sp³-hybridized carbons (Fsp3) is 0.400. The van der Waals surface area contributed by atoms with Crippen LogP contribution in [-0.2, 0) is 7.05 Å². The summed E-state index contributed by atoms with van der Waals surface area (Å²) in [5.41, 5.74) is 3.93. The summed E-state index contributed by atoms with van der Waals surface area (Å²) in [6.45, 7) is 4.00. The number of rotatable bonds is 6. The fourth-order valence-corrected chi connectivity index (χ4v) is 4.16. The molecule has 3 aromatic rings. The summed E-state index contributed by atoms with van der Waals surface area (Å²) in [6, 6.07) is 4.09. The number of aromatic nitrogens is 5. The molecule has 3 N–H and O–H groups in total. The zero-order valence-electron chi connectivity index (χ0n) is 16.9. The molecule has 152 valence electrons. The molecule has 3 aromatic heterocycles. The van der Waals surface area contributed by atoms with Crippen molar-refractivity contribution < 1.29 is 0 Å². The number of nitrogens with zero attached hydrogens (tertiary/aromatic N) is 5. The number of hydrogen-bond donors (Lipinski definition) is 3. The van der Waals surface area contributed by atoms with Crippen molar-refractivity contribution in [3.05, 3.63) is 53.5 Å². The SMILES string of the molecule is CNC=C(c1cnn(C)c1)c1nc(Nc2cc(C)ns2)cc(C2CCCNC2)n1. The van der Waals surface area contributed by atoms with Gasteiger partial charge in [0.1, 0.15) is 10.8 Å². The predicted molar refractivity (Wildman–Crippen MR) is 116 cm³/mol. The summed E-state index contributed by atoms with van der Waals surface area (Å²) < 4.78 is 6.14. The Hall–Kier alpha value is -2.78. The number of aryl methyl sites for hydroxylation is 2. The normalized spacial score (nSPS) is 17.3. The van der Waals surface area contributed by atoms with Crippen molar-refractivity contribution >= 4 is 27.9 Å². The molecule has 4 heterocycles. The molecule has 0 bridgehead atoms. The number of hydrogen-bond acceptors (Lipinski definition) is 8. The lowest BCUT2D eigenvalue weighted by Crippen LogP contribution is -2.29. The number of nitrogens with one attached hydrogen (secondary N) is 3. The van der Waals surface area contributed by atoms with Crippen molar-refractivity contribution in [2.24, 2.45) is 7.05 Å². The molecule has 1 unspecified atom stereocenters. The van der Waals surface area contributed by atoms with Crippen LogP contribution in [0.25, 0.3) is 5.57 Å². The van der Waals surface area contributed by atoms with Crippen molar-refractivity contribution in [3.63, 3.8) is 0 Å². The molecule has 0 amide bonds. The molecule has 0 aromatic carbocycles. The van der Waals surface area contributed by atoms with E-state index >= 15 is 0 Å². The van der Waals surface area contributed by atoms with Crippen LogP contribution >= 0.6 is 11.5 Å². The average molecular weight is 411 g/mol. The van der Waals surface area contributed by atoms with Gasteiger partial charge in [0.25, 0.3) is 0 Å². The maximum Gasteiger partial charge on any atom is 0.163 e. The number of piperidine rings is 1. The lowest BCUT2D eigenvalue weighted by atomic mass is 9.95. The van der Waals surface area contributed by atoms with Gasteiger partial charge in [-0.2, -0.15) is 9.47 Å². The van der Waals surface area contributed by atoms with Gasteiger partial charge < -0.3 is 16.0 Å². The molecule has 1 atom stereocenters. The molecule has 0 spiro atoms. The van der Waals surface area contributed by atoms with Gasteiger partial charge in [-0.3, -0.25) is 4.68 Å². The Morgan fingerprint density at radius 2 is 2.24 bits per heavy atom. The summed E-state index contributed by atoms with van der Waals surface area (Å²) in [5, 5.41) is 15.3. The van der Waals surface area contributed by atoms with E-state index < -0.39 is 0 Å². The van der Waals surface area contributed by atoms with Gasteiger partial charge in [-0.05, 0) is 43.9 Å². The van der Waals surface area contributed by atoms with E-state index in [0.717, 1.165) is 59.3 Å². The molecule has 1 aliphatic rings. The highest BCUT2D eigenvalue weighted by molar-refractivity contribution is 7.10. The second-order valence-electron chi connectivity index (χ2n) is 7.25. The third kappa shape index (κ3) is 4.63. The quantitative estimate of drug-likeness (QED) is 0.575. The minimum absolute atomic E-state index is 0.374. The topological polar surface area (TPSA) is 92.6 Å². The van der Waals surface area contributed by atoms with Crippen molar-refractivity contribution in [3.8, 4) is 0 Å². The van der Waals surface area contributed by atoms with Gasteiger partial charge in [0.05, 0.1) is 17.6 Å². The molecule has 1 aliphatic heterocycles. The van der Waals surface area contributed by atoms with Gasteiger partial charge in [0.15, 0.2) is 5.82 Å². The second kappa shape index (κ2) is 8.71. The van der Waals surface area contributed by atoms with Crippen molar-refractivity contribution in [2.45, 2.75) is 25.7 Å². The first-order valence-electron chi connectivity index (χ1n) is 9.79. The maximum atomic E-state index is 4.96. The van der Waals surface area contributed by atoms with Crippen LogP contribution in [0.15, 0.2) is 30.7 Å². The van der Waals surface area contributed by atoms with Crippen LogP contribution in [0, 0.1) is 6.92 Å². The second-order valence-corrected chi connectivity index (χ2v) is 8.06. The Bertz CT molecular complexity index is 1000. The summed E-state index contributed by atoms with van der Waals surface area (Å²) in [6.07, 6.45) is 8.01. The van der Waals surface area contributed by atoms with Gasteiger partial charge in [0, 0.05) is 56.2 Å². The molecule has 29 heavy (non-hydrogen) atoms. The van der Waals surface area contributed by atoms with Gasteiger partial charge in [-0.25, -0.2) is 9.97 Å². The Kier molecular flexibility index (Phi) is 5.86. The van der Waals surface area contributed by atoms with Crippen LogP contribution in [0.1, 0.15) is 41.5 Å². The van der Waals surface area contributed by atoms with E-state index in [1.807, 2.05) is 45.7 Å². The minimum atomic E-state index is 0.374. The van der Waals surface area contributed by atoms with Crippen molar-refractivity contribution in [1.29, 1.82) is 0 Å². The van der Waals surface area contributed by atoms with E-state index in [-0.39, 0.29) is 0 Å². The van der Waals surface area contributed by atoms with Gasteiger partial charge >= 0.3 is 0 Å². The highest BCUT2D eigenvalue weighted by atomic mass is 32.1. The molecule has 0 saturated carbocycles. The first kappa shape index (κ1) is 19.5. The highest BCUT2D eigenvalue weighted by Gasteiger charge is 2.20. The maximum absolute atomic E-state index is 4.96. The molecule has 8 nitrogen and oxygen atoms in total. The zero-order chi connectivity index (χ0) is 20.2. The summed E-state index contributed by atoms with van der Waals surface area (Å²) >= 11 is 1.44. The Morgan fingerprint density at radius 3 is 2.90 bits per heavy atom. The predicted octanol–water partition coefficient (Wildman–Crippen LogP) is 2.79. The molecule has 0 radical (unpaired) electrons. The van der Waals surface area contributed by atoms with Crippen LogP contribution in [-0.4, -0.2) is 44.3 Å². The third-order valence-electron chi connectivity index (χ3n) is 4.89. The van der Waals surface area contributed by atoms with Crippen molar-refractivity contribution in [2.75, 3.05) is 25.5 Å². The molecule has 0 aliphatic carbocycles. The van der Waals surface area contributed by atoms with Crippen LogP contribution in [0.5, 0.6) is 0 Å². The van der Waals surface area contributed by atoms with Crippen molar-refractivity contribution in [1.82, 2.24) is 34.8 Å². The van der Waals surface area contributed by atoms with E-state index in [1.165, 1.54) is 11.5 Å². The highest BCUT2D eigenvalue weighted by Crippen LogP contribution is 2.29. The fourth-order valence-electron chi connectivity index (χ4n) is 3.49.